The van der Waals surface area contributed by atoms with Crippen LogP contribution in [0.3, 0.4) is 0 Å². The summed E-state index contributed by atoms with van der Waals surface area (Å²) in [6, 6.07) is 9.63. The molecule has 1 saturated heterocycles. The zero-order valence-corrected chi connectivity index (χ0v) is 15.2. The van der Waals surface area contributed by atoms with Crippen molar-refractivity contribution in [1.29, 1.82) is 0 Å². The van der Waals surface area contributed by atoms with E-state index >= 15 is 0 Å². The third kappa shape index (κ3) is 2.05. The van der Waals surface area contributed by atoms with E-state index in [9.17, 15) is 14.0 Å². The van der Waals surface area contributed by atoms with Crippen LogP contribution in [-0.4, -0.2) is 11.8 Å². The van der Waals surface area contributed by atoms with E-state index < -0.39 is 23.2 Å². The Balaban J connectivity index is 1.81. The van der Waals surface area contributed by atoms with Gasteiger partial charge in [0.15, 0.2) is 5.54 Å². The van der Waals surface area contributed by atoms with Gasteiger partial charge < -0.3 is 16.0 Å². The highest BCUT2D eigenvalue weighted by atomic mass is 35.5. The maximum Gasteiger partial charge on any atom is 0.255 e. The molecule has 0 unspecified atom stereocenters. The summed E-state index contributed by atoms with van der Waals surface area (Å²) in [7, 11) is 0. The van der Waals surface area contributed by atoms with E-state index in [4.69, 9.17) is 23.2 Å². The van der Waals surface area contributed by atoms with Crippen LogP contribution in [0.25, 0.3) is 0 Å². The monoisotopic (exact) mass is 403 g/mol. The number of carbonyl (C=O) groups is 2. The third-order valence-electron chi connectivity index (χ3n) is 5.46. The summed E-state index contributed by atoms with van der Waals surface area (Å²) in [5.41, 5.74) is 0.568. The lowest BCUT2D eigenvalue weighted by Gasteiger charge is -2.32. The molecule has 2 aromatic carbocycles. The summed E-state index contributed by atoms with van der Waals surface area (Å²) in [6.45, 7) is 0. The van der Waals surface area contributed by atoms with Crippen molar-refractivity contribution in [2.75, 3.05) is 5.32 Å². The van der Waals surface area contributed by atoms with Gasteiger partial charge in [0.05, 0.1) is 10.9 Å². The number of benzene rings is 2. The molecule has 2 amide bonds. The topological polar surface area (TPSA) is 70.2 Å². The van der Waals surface area contributed by atoms with Crippen molar-refractivity contribution in [1.82, 2.24) is 10.6 Å². The van der Waals surface area contributed by atoms with Gasteiger partial charge in [-0.05, 0) is 23.8 Å². The molecule has 3 N–H and O–H groups in total. The van der Waals surface area contributed by atoms with Gasteiger partial charge in [0.1, 0.15) is 5.82 Å². The number of hydrogen-bond acceptors (Lipinski definition) is 3. The van der Waals surface area contributed by atoms with Gasteiger partial charge in [0, 0.05) is 34.1 Å². The van der Waals surface area contributed by atoms with Gasteiger partial charge >= 0.3 is 0 Å². The fourth-order valence-electron chi connectivity index (χ4n) is 4.38. The SMILES string of the molecule is O=C1NC=C2N[C@@]3(C(=O)Nc4cc(Cl)ccc43)[C@@H](c3cccc(Cl)c3F)[C@H]12. The summed E-state index contributed by atoms with van der Waals surface area (Å²) in [4.78, 5) is 25.7. The maximum absolute atomic E-state index is 15.0. The van der Waals surface area contributed by atoms with Crippen molar-refractivity contribution in [2.45, 2.75) is 11.5 Å². The second-order valence-electron chi connectivity index (χ2n) is 6.78. The van der Waals surface area contributed by atoms with Crippen LogP contribution in [0.5, 0.6) is 0 Å². The summed E-state index contributed by atoms with van der Waals surface area (Å²) < 4.78 is 15.0. The van der Waals surface area contributed by atoms with E-state index in [1.807, 2.05) is 0 Å². The minimum absolute atomic E-state index is 0.0618. The summed E-state index contributed by atoms with van der Waals surface area (Å²) in [5, 5.41) is 9.04. The largest absolute Gasteiger partial charge is 0.369 e. The van der Waals surface area contributed by atoms with Crippen LogP contribution in [0, 0.1) is 11.7 Å². The van der Waals surface area contributed by atoms with Crippen LogP contribution in [0.4, 0.5) is 10.1 Å². The molecule has 0 aromatic heterocycles. The Morgan fingerprint density at radius 3 is 2.74 bits per heavy atom. The van der Waals surface area contributed by atoms with E-state index in [0.29, 0.717) is 22.0 Å². The van der Waals surface area contributed by atoms with Crippen LogP contribution in [0.2, 0.25) is 10.0 Å². The molecule has 136 valence electrons. The van der Waals surface area contributed by atoms with E-state index in [2.05, 4.69) is 16.0 Å². The highest BCUT2D eigenvalue weighted by Gasteiger charge is 2.64. The average Bonchev–Trinajstić information content (AvgIpc) is 3.24. The average molecular weight is 404 g/mol. The molecule has 3 aliphatic rings. The van der Waals surface area contributed by atoms with Crippen LogP contribution < -0.4 is 16.0 Å². The molecule has 1 spiro atoms. The second-order valence-corrected chi connectivity index (χ2v) is 7.63. The number of nitrogens with one attached hydrogen (secondary N) is 3. The third-order valence-corrected chi connectivity index (χ3v) is 5.99. The van der Waals surface area contributed by atoms with Gasteiger partial charge in [0.25, 0.3) is 5.91 Å². The van der Waals surface area contributed by atoms with Gasteiger partial charge in [-0.1, -0.05) is 41.4 Å². The Hall–Kier alpha value is -2.57. The minimum atomic E-state index is -1.33. The maximum atomic E-state index is 15.0. The van der Waals surface area contributed by atoms with Gasteiger partial charge in [-0.25, -0.2) is 4.39 Å². The molecular weight excluding hydrogens is 392 g/mol. The number of carbonyl (C=O) groups excluding carboxylic acids is 2. The molecule has 8 heteroatoms. The number of hydrogen-bond donors (Lipinski definition) is 3. The first-order valence-electron chi connectivity index (χ1n) is 8.27. The molecule has 0 radical (unpaired) electrons. The van der Waals surface area contributed by atoms with E-state index in [1.165, 1.54) is 12.3 Å². The highest BCUT2D eigenvalue weighted by Crippen LogP contribution is 2.56. The number of fused-ring (bicyclic) bond motifs is 3. The number of halogens is 3. The van der Waals surface area contributed by atoms with Crippen molar-refractivity contribution in [3.05, 3.63) is 75.3 Å². The van der Waals surface area contributed by atoms with E-state index in [-0.39, 0.29) is 22.4 Å². The molecule has 3 heterocycles. The van der Waals surface area contributed by atoms with E-state index in [0.717, 1.165) is 0 Å². The molecule has 5 nitrogen and oxygen atoms in total. The molecule has 0 bridgehead atoms. The summed E-state index contributed by atoms with van der Waals surface area (Å²) >= 11 is 12.1. The van der Waals surface area contributed by atoms with Crippen LogP contribution in [-0.2, 0) is 15.1 Å². The molecule has 0 aliphatic carbocycles. The molecule has 3 aliphatic heterocycles. The van der Waals surface area contributed by atoms with Crippen molar-refractivity contribution in [3.63, 3.8) is 0 Å². The smallest absolute Gasteiger partial charge is 0.255 e. The van der Waals surface area contributed by atoms with Gasteiger partial charge in [-0.15, -0.1) is 0 Å². The first-order valence-corrected chi connectivity index (χ1v) is 9.03. The fourth-order valence-corrected chi connectivity index (χ4v) is 4.74. The van der Waals surface area contributed by atoms with Crippen molar-refractivity contribution < 1.29 is 14.0 Å². The Bertz CT molecular complexity index is 1070. The second kappa shape index (κ2) is 5.47. The minimum Gasteiger partial charge on any atom is -0.369 e. The molecule has 0 saturated carbocycles. The zero-order chi connectivity index (χ0) is 18.9. The molecule has 27 heavy (non-hydrogen) atoms. The Morgan fingerprint density at radius 1 is 1.11 bits per heavy atom. The summed E-state index contributed by atoms with van der Waals surface area (Å²) in [6.07, 6.45) is 1.53. The summed E-state index contributed by atoms with van der Waals surface area (Å²) in [5.74, 6) is -2.85. The Kier molecular flexibility index (Phi) is 3.36. The zero-order valence-electron chi connectivity index (χ0n) is 13.6. The van der Waals surface area contributed by atoms with Crippen molar-refractivity contribution >= 4 is 40.7 Å². The first-order chi connectivity index (χ1) is 12.9. The van der Waals surface area contributed by atoms with Crippen molar-refractivity contribution in [3.8, 4) is 0 Å². The number of anilines is 1. The first kappa shape index (κ1) is 16.6. The predicted octanol–water partition coefficient (Wildman–Crippen LogP) is 3.25. The molecule has 5 rings (SSSR count). The van der Waals surface area contributed by atoms with Crippen LogP contribution in [0.15, 0.2) is 48.3 Å². The van der Waals surface area contributed by atoms with Crippen LogP contribution >= 0.6 is 23.2 Å². The number of amides is 2. The standard InChI is InChI=1S/C19H12Cl2FN3O2/c20-8-4-5-10-12(6-8)24-18(27)19(10)15(9-2-1-3-11(21)16(9)22)14-13(25-19)7-23-17(14)26/h1-7,14-15,25H,(H,23,26)(H,24,27)/t14-,15+,19-/m1/s1. The van der Waals surface area contributed by atoms with Gasteiger partial charge in [0.2, 0.25) is 5.91 Å². The predicted molar refractivity (Wildman–Crippen MR) is 98.8 cm³/mol. The lowest BCUT2D eigenvalue weighted by molar-refractivity contribution is -0.124. The molecular formula is C19H12Cl2FN3O2. The van der Waals surface area contributed by atoms with Crippen molar-refractivity contribution in [2.24, 2.45) is 5.92 Å². The van der Waals surface area contributed by atoms with Gasteiger partial charge in [-0.2, -0.15) is 0 Å². The molecule has 2 aromatic rings. The highest BCUT2D eigenvalue weighted by molar-refractivity contribution is 6.31. The van der Waals surface area contributed by atoms with Crippen LogP contribution in [0.1, 0.15) is 17.0 Å². The normalized spacial score (nSPS) is 27.7. The van der Waals surface area contributed by atoms with Gasteiger partial charge in [-0.3, -0.25) is 9.59 Å². The lowest BCUT2D eigenvalue weighted by Crippen LogP contribution is -2.48. The number of rotatable bonds is 1. The lowest BCUT2D eigenvalue weighted by atomic mass is 9.72. The Morgan fingerprint density at radius 2 is 1.93 bits per heavy atom. The molecule has 3 atom stereocenters. The quantitative estimate of drug-likeness (QED) is 0.684. The molecule has 1 fully saturated rings. The fraction of sp³-hybridized carbons (Fsp3) is 0.158. The Labute approximate surface area is 163 Å². The van der Waals surface area contributed by atoms with E-state index in [1.54, 1.807) is 30.3 Å².